The third kappa shape index (κ3) is 2.72. The van der Waals surface area contributed by atoms with Crippen molar-refractivity contribution < 1.29 is 24.9 Å². The van der Waals surface area contributed by atoms with E-state index in [9.17, 15) is 20.1 Å². The van der Waals surface area contributed by atoms with Crippen molar-refractivity contribution in [1.29, 1.82) is 0 Å². The molecule has 0 aromatic heterocycles. The average molecular weight is 272 g/mol. The number of esters is 1. The fourth-order valence-electron chi connectivity index (χ4n) is 1.54. The van der Waals surface area contributed by atoms with Crippen LogP contribution in [-0.4, -0.2) is 21.3 Å². The molecule has 0 heterocycles. The summed E-state index contributed by atoms with van der Waals surface area (Å²) in [7, 11) is 0. The first-order chi connectivity index (χ1) is 9.51. The summed E-state index contributed by atoms with van der Waals surface area (Å²) in [5, 5.41) is 28.0. The highest BCUT2D eigenvalue weighted by atomic mass is 16.5. The van der Waals surface area contributed by atoms with Crippen LogP contribution in [0.2, 0.25) is 0 Å². The van der Waals surface area contributed by atoms with E-state index in [1.165, 1.54) is 0 Å². The van der Waals surface area contributed by atoms with Gasteiger partial charge in [-0.15, -0.1) is 0 Å². The van der Waals surface area contributed by atoms with Crippen molar-refractivity contribution in [2.45, 2.75) is 0 Å². The van der Waals surface area contributed by atoms with Crippen LogP contribution in [0.25, 0.3) is 6.08 Å². The van der Waals surface area contributed by atoms with Gasteiger partial charge in [0.2, 0.25) is 0 Å². The van der Waals surface area contributed by atoms with Gasteiger partial charge in [-0.3, -0.25) is 0 Å². The Morgan fingerprint density at radius 1 is 1.00 bits per heavy atom. The molecule has 0 fully saturated rings. The molecule has 0 saturated heterocycles. The predicted octanol–water partition coefficient (Wildman–Crippen LogP) is 2.67. The molecular weight excluding hydrogens is 260 g/mol. The minimum atomic E-state index is -0.694. The van der Waals surface area contributed by atoms with Crippen molar-refractivity contribution in [3.63, 3.8) is 0 Å². The van der Waals surface area contributed by atoms with Gasteiger partial charge in [0.15, 0.2) is 23.0 Å². The Morgan fingerprint density at radius 3 is 2.20 bits per heavy atom. The summed E-state index contributed by atoms with van der Waals surface area (Å²) in [6.45, 7) is 3.60. The standard InChI is InChI=1S/C15H12O5/c1-2-9-3-5-10(6-4-9)15(19)20-14-8-12(17)11(16)7-13(14)18/h2-8,16-18H,1H2. The molecule has 2 aromatic rings. The van der Waals surface area contributed by atoms with Gasteiger partial charge in [0, 0.05) is 12.1 Å². The third-order valence-corrected chi connectivity index (χ3v) is 2.64. The zero-order valence-corrected chi connectivity index (χ0v) is 10.4. The van der Waals surface area contributed by atoms with Crippen LogP contribution in [0.1, 0.15) is 15.9 Å². The lowest BCUT2D eigenvalue weighted by Gasteiger charge is -2.08. The molecule has 0 radical (unpaired) electrons. The van der Waals surface area contributed by atoms with Gasteiger partial charge in [-0.1, -0.05) is 24.8 Å². The summed E-state index contributed by atoms with van der Waals surface area (Å²) in [6, 6.07) is 8.34. The van der Waals surface area contributed by atoms with E-state index in [-0.39, 0.29) is 11.3 Å². The van der Waals surface area contributed by atoms with Crippen molar-refractivity contribution in [1.82, 2.24) is 0 Å². The number of hydrogen-bond donors (Lipinski definition) is 3. The molecular formula is C15H12O5. The SMILES string of the molecule is C=Cc1ccc(C(=O)Oc2cc(O)c(O)cc2O)cc1. The number of phenols is 3. The zero-order chi connectivity index (χ0) is 14.7. The molecule has 20 heavy (non-hydrogen) atoms. The van der Waals surface area contributed by atoms with Crippen LogP contribution in [0, 0.1) is 0 Å². The normalized spacial score (nSPS) is 10.0. The zero-order valence-electron chi connectivity index (χ0n) is 10.4. The van der Waals surface area contributed by atoms with Crippen LogP contribution in [-0.2, 0) is 0 Å². The van der Waals surface area contributed by atoms with E-state index in [2.05, 4.69) is 6.58 Å². The Morgan fingerprint density at radius 2 is 1.60 bits per heavy atom. The molecule has 0 aliphatic carbocycles. The van der Waals surface area contributed by atoms with Gasteiger partial charge in [-0.05, 0) is 17.7 Å². The first-order valence-corrected chi connectivity index (χ1v) is 5.71. The lowest BCUT2D eigenvalue weighted by molar-refractivity contribution is 0.0729. The summed E-state index contributed by atoms with van der Waals surface area (Å²) in [5.74, 6) is -2.37. The highest BCUT2D eigenvalue weighted by molar-refractivity contribution is 5.91. The summed E-state index contributed by atoms with van der Waals surface area (Å²) < 4.78 is 4.95. The Kier molecular flexibility index (Phi) is 3.61. The highest BCUT2D eigenvalue weighted by Gasteiger charge is 2.14. The van der Waals surface area contributed by atoms with Crippen molar-refractivity contribution in [3.05, 3.63) is 54.1 Å². The molecule has 0 aliphatic rings. The monoisotopic (exact) mass is 272 g/mol. The molecule has 3 N–H and O–H groups in total. The third-order valence-electron chi connectivity index (χ3n) is 2.64. The van der Waals surface area contributed by atoms with E-state index in [1.807, 2.05) is 0 Å². The fraction of sp³-hybridized carbons (Fsp3) is 0. The summed E-state index contributed by atoms with van der Waals surface area (Å²) in [4.78, 5) is 11.9. The van der Waals surface area contributed by atoms with Crippen LogP contribution in [0.3, 0.4) is 0 Å². The molecule has 0 saturated carbocycles. The Hall–Kier alpha value is -2.95. The fourth-order valence-corrected chi connectivity index (χ4v) is 1.54. The van der Waals surface area contributed by atoms with E-state index in [4.69, 9.17) is 4.74 Å². The number of phenolic OH excluding ortho intramolecular Hbond substituents is 3. The molecule has 5 heteroatoms. The number of benzene rings is 2. The Bertz CT molecular complexity index is 659. The molecule has 0 spiro atoms. The molecule has 0 amide bonds. The lowest BCUT2D eigenvalue weighted by Crippen LogP contribution is -2.08. The van der Waals surface area contributed by atoms with Crippen LogP contribution in [0.4, 0.5) is 0 Å². The lowest BCUT2D eigenvalue weighted by atomic mass is 10.1. The summed E-state index contributed by atoms with van der Waals surface area (Å²) in [5.41, 5.74) is 1.13. The first-order valence-electron chi connectivity index (χ1n) is 5.71. The molecule has 0 atom stereocenters. The number of ether oxygens (including phenoxy) is 1. The van der Waals surface area contributed by atoms with Crippen molar-refractivity contribution in [3.8, 4) is 23.0 Å². The Labute approximate surface area is 115 Å². The summed E-state index contributed by atoms with van der Waals surface area (Å²) >= 11 is 0. The van der Waals surface area contributed by atoms with Crippen LogP contribution < -0.4 is 4.74 Å². The topological polar surface area (TPSA) is 87.0 Å². The maximum atomic E-state index is 11.9. The van der Waals surface area contributed by atoms with E-state index < -0.39 is 23.2 Å². The Balaban J connectivity index is 2.22. The number of rotatable bonds is 3. The predicted molar refractivity (Wildman–Crippen MR) is 72.9 cm³/mol. The number of aromatic hydroxyl groups is 3. The van der Waals surface area contributed by atoms with E-state index in [1.54, 1.807) is 30.3 Å². The second-order valence-corrected chi connectivity index (χ2v) is 4.02. The smallest absolute Gasteiger partial charge is 0.343 e. The van der Waals surface area contributed by atoms with Gasteiger partial charge in [-0.25, -0.2) is 4.79 Å². The van der Waals surface area contributed by atoms with Crippen LogP contribution in [0.5, 0.6) is 23.0 Å². The maximum Gasteiger partial charge on any atom is 0.343 e. The first kappa shape index (κ1) is 13.5. The number of hydrogen-bond acceptors (Lipinski definition) is 5. The van der Waals surface area contributed by atoms with E-state index >= 15 is 0 Å². The maximum absolute atomic E-state index is 11.9. The quantitative estimate of drug-likeness (QED) is 0.346. The van der Waals surface area contributed by atoms with E-state index in [0.717, 1.165) is 17.7 Å². The van der Waals surface area contributed by atoms with Gasteiger partial charge >= 0.3 is 5.97 Å². The second-order valence-electron chi connectivity index (χ2n) is 4.02. The van der Waals surface area contributed by atoms with E-state index in [0.29, 0.717) is 0 Å². The van der Waals surface area contributed by atoms with Crippen molar-refractivity contribution >= 4 is 12.0 Å². The van der Waals surface area contributed by atoms with Crippen LogP contribution in [0.15, 0.2) is 43.0 Å². The van der Waals surface area contributed by atoms with Gasteiger partial charge in [-0.2, -0.15) is 0 Å². The second kappa shape index (κ2) is 5.36. The molecule has 0 unspecified atom stereocenters. The minimum absolute atomic E-state index is 0.238. The van der Waals surface area contributed by atoms with Crippen molar-refractivity contribution in [2.24, 2.45) is 0 Å². The van der Waals surface area contributed by atoms with Gasteiger partial charge < -0.3 is 20.1 Å². The number of carbonyl (C=O) groups excluding carboxylic acids is 1. The number of carbonyl (C=O) groups is 1. The molecule has 0 aliphatic heterocycles. The van der Waals surface area contributed by atoms with Gasteiger partial charge in [0.25, 0.3) is 0 Å². The molecule has 0 bridgehead atoms. The largest absolute Gasteiger partial charge is 0.504 e. The average Bonchev–Trinajstić information content (AvgIpc) is 2.44. The minimum Gasteiger partial charge on any atom is -0.504 e. The summed E-state index contributed by atoms with van der Waals surface area (Å²) in [6.07, 6.45) is 1.64. The molecule has 102 valence electrons. The highest BCUT2D eigenvalue weighted by Crippen LogP contribution is 2.37. The van der Waals surface area contributed by atoms with Gasteiger partial charge in [0.1, 0.15) is 0 Å². The van der Waals surface area contributed by atoms with Crippen molar-refractivity contribution in [2.75, 3.05) is 0 Å². The molecule has 5 nitrogen and oxygen atoms in total. The van der Waals surface area contributed by atoms with Crippen LogP contribution >= 0.6 is 0 Å². The van der Waals surface area contributed by atoms with Gasteiger partial charge in [0.05, 0.1) is 5.56 Å². The molecule has 2 aromatic carbocycles. The molecule has 2 rings (SSSR count).